The first-order valence-electron chi connectivity index (χ1n) is 17.0. The summed E-state index contributed by atoms with van der Waals surface area (Å²) in [4.78, 5) is 30.1. The molecule has 2 unspecified atom stereocenters. The lowest BCUT2D eigenvalue weighted by Gasteiger charge is -2.42. The van der Waals surface area contributed by atoms with Gasteiger partial charge in [0, 0.05) is 31.7 Å². The Bertz CT molecular complexity index is 2160. The fourth-order valence-electron chi connectivity index (χ4n) is 8.09. The number of anilines is 1. The van der Waals surface area contributed by atoms with E-state index >= 15 is 4.39 Å². The van der Waals surface area contributed by atoms with E-state index in [0.717, 1.165) is 16.7 Å². The Morgan fingerprint density at radius 2 is 1.49 bits per heavy atom. The number of hydrogen-bond donors (Lipinski definition) is 1. The first kappa shape index (κ1) is 31.5. The third-order valence-corrected chi connectivity index (χ3v) is 10.8. The predicted octanol–water partition coefficient (Wildman–Crippen LogP) is 6.88. The normalized spacial score (nSPS) is 19.6. The third kappa shape index (κ3) is 5.02. The highest BCUT2D eigenvalue weighted by Crippen LogP contribution is 2.50. The summed E-state index contributed by atoms with van der Waals surface area (Å²) in [6.07, 6.45) is 1.47. The predicted molar refractivity (Wildman–Crippen MR) is 195 cm³/mol. The van der Waals surface area contributed by atoms with Crippen LogP contribution in [0, 0.1) is 5.82 Å². The number of carbonyl (C=O) groups excluding carboxylic acids is 1. The van der Waals surface area contributed by atoms with E-state index in [1.54, 1.807) is 6.07 Å². The number of hydrogen-bond acceptors (Lipinski definition) is 7. The molecule has 254 valence electrons. The van der Waals surface area contributed by atoms with E-state index in [1.807, 2.05) is 23.1 Å². The second-order valence-corrected chi connectivity index (χ2v) is 13.6. The molecule has 5 aromatic carbocycles. The zero-order valence-electron chi connectivity index (χ0n) is 27.5. The van der Waals surface area contributed by atoms with Crippen molar-refractivity contribution in [2.45, 2.75) is 17.6 Å². The molecule has 0 aliphatic carbocycles. The second-order valence-electron chi connectivity index (χ2n) is 13.2. The molecule has 0 bridgehead atoms. The van der Waals surface area contributed by atoms with Crippen LogP contribution in [-0.4, -0.2) is 75.7 Å². The van der Waals surface area contributed by atoms with Gasteiger partial charge in [0.25, 0.3) is 0 Å². The van der Waals surface area contributed by atoms with Crippen LogP contribution >= 0.6 is 11.6 Å². The first-order valence-corrected chi connectivity index (χ1v) is 17.4. The molecule has 2 fully saturated rings. The number of carbonyl (C=O) groups is 1. The number of phenols is 1. The number of nitrogens with zero attached hydrogens (tertiary/aromatic N) is 5. The van der Waals surface area contributed by atoms with E-state index in [0.29, 0.717) is 48.6 Å². The van der Waals surface area contributed by atoms with Crippen molar-refractivity contribution in [1.82, 2.24) is 19.8 Å². The standard InChI is InChI=1S/C41H33ClFN5O3/c42-37-30(35-31(43)17-10-18-34(35)49)21-32-36-38(37)51-24-29-22-46(19-20-47(29)39(36)45-25-44-32)40(50)33-23-48(33)41(26-11-4-1-5-12-26,27-13-6-2-7-14-27)28-15-8-3-9-16-28/h1-18,21,25,29,33,49H,19-20,22-24H2/t29-,33?,48?/m0/s1. The first-order chi connectivity index (χ1) is 25.0. The second kappa shape index (κ2) is 12.4. The molecule has 1 amide bonds. The van der Waals surface area contributed by atoms with Gasteiger partial charge in [0.2, 0.25) is 5.91 Å². The summed E-state index contributed by atoms with van der Waals surface area (Å²) in [6.45, 7) is 2.30. The number of piperazine rings is 1. The van der Waals surface area contributed by atoms with Gasteiger partial charge in [0.15, 0.2) is 5.75 Å². The molecule has 0 saturated carbocycles. The number of amides is 1. The van der Waals surface area contributed by atoms with Crippen LogP contribution < -0.4 is 9.64 Å². The smallest absolute Gasteiger partial charge is 0.241 e. The molecule has 0 radical (unpaired) electrons. The lowest BCUT2D eigenvalue weighted by atomic mass is 9.76. The van der Waals surface area contributed by atoms with Crippen molar-refractivity contribution in [1.29, 1.82) is 0 Å². The molecule has 6 aromatic rings. The molecule has 10 heteroatoms. The Morgan fingerprint density at radius 1 is 0.843 bits per heavy atom. The van der Waals surface area contributed by atoms with Gasteiger partial charge in [0.1, 0.15) is 36.4 Å². The van der Waals surface area contributed by atoms with Crippen molar-refractivity contribution in [3.8, 4) is 22.6 Å². The number of rotatable bonds is 6. The van der Waals surface area contributed by atoms with Crippen LogP contribution in [0.15, 0.2) is 122 Å². The van der Waals surface area contributed by atoms with Crippen LogP contribution in [0.3, 0.4) is 0 Å². The summed E-state index contributed by atoms with van der Waals surface area (Å²) in [6, 6.07) is 36.5. The summed E-state index contributed by atoms with van der Waals surface area (Å²) in [5.41, 5.74) is 3.43. The molecular weight excluding hydrogens is 665 g/mol. The van der Waals surface area contributed by atoms with E-state index in [-0.39, 0.29) is 46.5 Å². The number of aromatic hydroxyl groups is 1. The van der Waals surface area contributed by atoms with Gasteiger partial charge in [-0.3, -0.25) is 9.69 Å². The van der Waals surface area contributed by atoms with Gasteiger partial charge in [-0.1, -0.05) is 109 Å². The highest BCUT2D eigenvalue weighted by molar-refractivity contribution is 6.36. The van der Waals surface area contributed by atoms with Gasteiger partial charge in [0.05, 0.1) is 33.1 Å². The summed E-state index contributed by atoms with van der Waals surface area (Å²) >= 11 is 6.93. The largest absolute Gasteiger partial charge is 0.507 e. The van der Waals surface area contributed by atoms with Gasteiger partial charge < -0.3 is 19.6 Å². The van der Waals surface area contributed by atoms with Crippen LogP contribution in [0.2, 0.25) is 5.02 Å². The summed E-state index contributed by atoms with van der Waals surface area (Å²) in [5, 5.41) is 11.4. The van der Waals surface area contributed by atoms with Crippen molar-refractivity contribution in [3.05, 3.63) is 149 Å². The fraction of sp³-hybridized carbons (Fsp3) is 0.195. The lowest BCUT2D eigenvalue weighted by molar-refractivity contribution is -0.132. The molecule has 51 heavy (non-hydrogen) atoms. The van der Waals surface area contributed by atoms with Crippen LogP contribution in [0.4, 0.5) is 10.2 Å². The van der Waals surface area contributed by atoms with Gasteiger partial charge in [-0.15, -0.1) is 0 Å². The van der Waals surface area contributed by atoms with E-state index in [4.69, 9.17) is 16.3 Å². The molecule has 3 atom stereocenters. The lowest BCUT2D eigenvalue weighted by Crippen LogP contribution is -2.58. The zero-order chi connectivity index (χ0) is 34.7. The number of phenolic OH excluding ortho intramolecular Hbond substituents is 1. The summed E-state index contributed by atoms with van der Waals surface area (Å²) < 4.78 is 21.4. The van der Waals surface area contributed by atoms with E-state index < -0.39 is 11.4 Å². The fourth-order valence-corrected chi connectivity index (χ4v) is 8.39. The molecule has 1 aromatic heterocycles. The monoisotopic (exact) mass is 697 g/mol. The number of halogens is 2. The Kier molecular flexibility index (Phi) is 7.63. The van der Waals surface area contributed by atoms with E-state index in [2.05, 4.69) is 92.6 Å². The van der Waals surface area contributed by atoms with Crippen LogP contribution in [0.1, 0.15) is 16.7 Å². The Hall–Kier alpha value is -5.51. The molecular formula is C41H33ClFN5O3. The molecule has 1 N–H and O–H groups in total. The maximum atomic E-state index is 15.0. The van der Waals surface area contributed by atoms with E-state index in [9.17, 15) is 9.90 Å². The van der Waals surface area contributed by atoms with E-state index in [1.165, 1.54) is 24.5 Å². The van der Waals surface area contributed by atoms with Crippen molar-refractivity contribution in [2.24, 2.45) is 0 Å². The molecule has 3 aliphatic rings. The highest BCUT2D eigenvalue weighted by Gasteiger charge is 2.57. The highest BCUT2D eigenvalue weighted by atomic mass is 35.5. The maximum Gasteiger partial charge on any atom is 0.241 e. The van der Waals surface area contributed by atoms with Crippen LogP contribution in [0.5, 0.6) is 11.5 Å². The number of benzene rings is 5. The van der Waals surface area contributed by atoms with Gasteiger partial charge in [-0.05, 0) is 34.9 Å². The topological polar surface area (TPSA) is 81.8 Å². The van der Waals surface area contributed by atoms with Crippen molar-refractivity contribution in [3.63, 3.8) is 0 Å². The van der Waals surface area contributed by atoms with Crippen LogP contribution in [0.25, 0.3) is 22.0 Å². The molecule has 3 aliphatic heterocycles. The molecule has 0 spiro atoms. The minimum atomic E-state index is -0.660. The minimum absolute atomic E-state index is 0.0188. The summed E-state index contributed by atoms with van der Waals surface area (Å²) in [7, 11) is 0. The van der Waals surface area contributed by atoms with Crippen LogP contribution in [-0.2, 0) is 10.3 Å². The Morgan fingerprint density at radius 3 is 2.12 bits per heavy atom. The number of fused-ring (bicyclic) bond motifs is 2. The average Bonchev–Trinajstić information content (AvgIpc) is 3.99. The molecule has 4 heterocycles. The average molecular weight is 698 g/mol. The number of aromatic nitrogens is 2. The van der Waals surface area contributed by atoms with Crippen molar-refractivity contribution in [2.75, 3.05) is 37.7 Å². The van der Waals surface area contributed by atoms with Gasteiger partial charge in [-0.2, -0.15) is 0 Å². The zero-order valence-corrected chi connectivity index (χ0v) is 28.2. The third-order valence-electron chi connectivity index (χ3n) is 10.5. The number of ether oxygens (including phenoxy) is 1. The molecule has 8 nitrogen and oxygen atoms in total. The quantitative estimate of drug-likeness (QED) is 0.150. The summed E-state index contributed by atoms with van der Waals surface area (Å²) in [5.74, 6) is 0.221. The molecule has 9 rings (SSSR count). The van der Waals surface area contributed by atoms with Crippen molar-refractivity contribution < 1.29 is 19.0 Å². The Balaban J connectivity index is 1.03. The van der Waals surface area contributed by atoms with Crippen molar-refractivity contribution >= 4 is 34.2 Å². The van der Waals surface area contributed by atoms with Gasteiger partial charge in [-0.25, -0.2) is 14.4 Å². The molecule has 2 saturated heterocycles. The van der Waals surface area contributed by atoms with Gasteiger partial charge >= 0.3 is 0 Å². The maximum absolute atomic E-state index is 15.0. The Labute approximate surface area is 299 Å². The minimum Gasteiger partial charge on any atom is -0.507 e. The SMILES string of the molecule is O=C(C1CN1C(c1ccccc1)(c1ccccc1)c1ccccc1)N1CCN2c3ncnc4cc(-c5c(O)cccc5F)c(Cl)c(c34)OC[C@@H]2C1.